The van der Waals surface area contributed by atoms with Gasteiger partial charge in [0.25, 0.3) is 5.91 Å². The Morgan fingerprint density at radius 3 is 2.43 bits per heavy atom. The van der Waals surface area contributed by atoms with Crippen LogP contribution in [0, 0.1) is 0 Å². The lowest BCUT2D eigenvalue weighted by molar-refractivity contribution is -0.145. The molecule has 2 rings (SSSR count). The van der Waals surface area contributed by atoms with Gasteiger partial charge in [-0.25, -0.2) is 4.79 Å². The van der Waals surface area contributed by atoms with E-state index in [1.807, 2.05) is 0 Å². The van der Waals surface area contributed by atoms with Crippen LogP contribution >= 0.6 is 0 Å². The van der Waals surface area contributed by atoms with Gasteiger partial charge in [0.15, 0.2) is 11.5 Å². The maximum absolute atomic E-state index is 12.2. The Morgan fingerprint density at radius 2 is 1.86 bits per heavy atom. The topological polar surface area (TPSA) is 107 Å². The molecule has 0 spiro atoms. The van der Waals surface area contributed by atoms with Crippen molar-refractivity contribution in [2.24, 2.45) is 0 Å². The number of hydrogen-bond donors (Lipinski definition) is 3. The normalized spacial score (nSPS) is 15.9. The van der Waals surface area contributed by atoms with Gasteiger partial charge in [-0.3, -0.25) is 4.79 Å². The number of nitrogens with zero attached hydrogens (tertiary/aromatic N) is 1. The summed E-state index contributed by atoms with van der Waals surface area (Å²) in [6, 6.07) is 3.94. The number of hydrogen-bond acceptors (Lipinski definition) is 5. The quantitative estimate of drug-likeness (QED) is 0.709. The lowest BCUT2D eigenvalue weighted by Gasteiger charge is -2.31. The molecule has 1 fully saturated rings. The van der Waals surface area contributed by atoms with Crippen LogP contribution in [-0.2, 0) is 9.53 Å². The molecule has 1 aromatic carbocycles. The van der Waals surface area contributed by atoms with E-state index in [1.165, 1.54) is 18.2 Å². The Bertz CT molecular complexity index is 536. The Morgan fingerprint density at radius 1 is 1.19 bits per heavy atom. The van der Waals surface area contributed by atoms with Crippen molar-refractivity contribution in [1.29, 1.82) is 0 Å². The number of likely N-dealkylation sites (tertiary alicyclic amines) is 1. The van der Waals surface area contributed by atoms with Gasteiger partial charge in [-0.2, -0.15) is 0 Å². The standard InChI is InChI=1S/C14H17NO6/c16-11-2-1-9(7-12(11)17)14(20)15-5-3-10(4-6-15)21-8-13(18)19/h1-2,7,10,16-17H,3-6,8H2,(H,18,19). The maximum atomic E-state index is 12.2. The van der Waals surface area contributed by atoms with E-state index in [1.54, 1.807) is 4.90 Å². The van der Waals surface area contributed by atoms with Crippen LogP contribution in [0.1, 0.15) is 23.2 Å². The minimum Gasteiger partial charge on any atom is -0.504 e. The smallest absolute Gasteiger partial charge is 0.329 e. The summed E-state index contributed by atoms with van der Waals surface area (Å²) in [7, 11) is 0. The number of phenolic OH excluding ortho intramolecular Hbond substituents is 2. The molecule has 3 N–H and O–H groups in total. The molecule has 0 bridgehead atoms. The number of amides is 1. The highest BCUT2D eigenvalue weighted by Crippen LogP contribution is 2.26. The predicted octanol–water partition coefficient (Wildman–Crippen LogP) is 0.804. The summed E-state index contributed by atoms with van der Waals surface area (Å²) in [6.45, 7) is 0.597. The summed E-state index contributed by atoms with van der Waals surface area (Å²) in [5.74, 6) is -1.84. The molecule has 7 heteroatoms. The summed E-state index contributed by atoms with van der Waals surface area (Å²) in [6.07, 6.45) is 0.991. The second-order valence-electron chi connectivity index (χ2n) is 4.90. The number of carbonyl (C=O) groups excluding carboxylic acids is 1. The van der Waals surface area contributed by atoms with Crippen molar-refractivity contribution < 1.29 is 29.6 Å². The molecule has 114 valence electrons. The van der Waals surface area contributed by atoms with E-state index in [2.05, 4.69) is 0 Å². The predicted molar refractivity (Wildman–Crippen MR) is 72.3 cm³/mol. The molecule has 0 atom stereocenters. The number of aromatic hydroxyl groups is 2. The molecule has 0 aromatic heterocycles. The van der Waals surface area contributed by atoms with Crippen molar-refractivity contribution in [3.05, 3.63) is 23.8 Å². The van der Waals surface area contributed by atoms with Crippen LogP contribution < -0.4 is 0 Å². The van der Waals surface area contributed by atoms with Crippen molar-refractivity contribution in [3.63, 3.8) is 0 Å². The van der Waals surface area contributed by atoms with Crippen LogP contribution in [0.25, 0.3) is 0 Å². The van der Waals surface area contributed by atoms with Crippen molar-refractivity contribution >= 4 is 11.9 Å². The first-order valence-electron chi connectivity index (χ1n) is 6.62. The molecule has 1 amide bonds. The van der Waals surface area contributed by atoms with E-state index in [9.17, 15) is 19.8 Å². The van der Waals surface area contributed by atoms with Gasteiger partial charge in [-0.05, 0) is 31.0 Å². The zero-order chi connectivity index (χ0) is 15.4. The van der Waals surface area contributed by atoms with Crippen LogP contribution in [0.2, 0.25) is 0 Å². The van der Waals surface area contributed by atoms with Crippen LogP contribution in [0.5, 0.6) is 11.5 Å². The summed E-state index contributed by atoms with van der Waals surface area (Å²) in [5, 5.41) is 27.2. The fourth-order valence-electron chi connectivity index (χ4n) is 2.25. The van der Waals surface area contributed by atoms with E-state index in [4.69, 9.17) is 9.84 Å². The average molecular weight is 295 g/mol. The Balaban J connectivity index is 1.90. The minimum atomic E-state index is -1.01. The van der Waals surface area contributed by atoms with Crippen LogP contribution in [0.3, 0.4) is 0 Å². The van der Waals surface area contributed by atoms with Crippen LogP contribution in [-0.4, -0.2) is 57.9 Å². The fourth-order valence-corrected chi connectivity index (χ4v) is 2.25. The zero-order valence-electron chi connectivity index (χ0n) is 11.4. The van der Waals surface area contributed by atoms with E-state index < -0.39 is 5.97 Å². The highest BCUT2D eigenvalue weighted by Gasteiger charge is 2.24. The van der Waals surface area contributed by atoms with E-state index >= 15 is 0 Å². The Hall–Kier alpha value is -2.28. The molecular formula is C14H17NO6. The number of ether oxygens (including phenoxy) is 1. The highest BCUT2D eigenvalue weighted by molar-refractivity contribution is 5.95. The highest BCUT2D eigenvalue weighted by atomic mass is 16.5. The number of carboxylic acid groups (broad SMARTS) is 1. The van der Waals surface area contributed by atoms with Crippen molar-refractivity contribution in [2.45, 2.75) is 18.9 Å². The third-order valence-electron chi connectivity index (χ3n) is 3.39. The third-order valence-corrected chi connectivity index (χ3v) is 3.39. The lowest BCUT2D eigenvalue weighted by Crippen LogP contribution is -2.41. The van der Waals surface area contributed by atoms with Gasteiger partial charge >= 0.3 is 5.97 Å². The molecule has 7 nitrogen and oxygen atoms in total. The molecule has 1 aromatic rings. The van der Waals surface area contributed by atoms with E-state index in [-0.39, 0.29) is 30.1 Å². The molecule has 1 aliphatic heterocycles. The average Bonchev–Trinajstić information content (AvgIpc) is 2.48. The first kappa shape index (κ1) is 15.1. The number of benzene rings is 1. The van der Waals surface area contributed by atoms with E-state index in [0.717, 1.165) is 0 Å². The van der Waals surface area contributed by atoms with Gasteiger partial charge in [0.05, 0.1) is 6.10 Å². The lowest BCUT2D eigenvalue weighted by atomic mass is 10.1. The monoisotopic (exact) mass is 295 g/mol. The number of piperidine rings is 1. The fraction of sp³-hybridized carbons (Fsp3) is 0.429. The van der Waals surface area contributed by atoms with Gasteiger partial charge in [0.2, 0.25) is 0 Å². The second kappa shape index (κ2) is 6.45. The number of phenols is 2. The van der Waals surface area contributed by atoms with Gasteiger partial charge in [-0.15, -0.1) is 0 Å². The van der Waals surface area contributed by atoms with Gasteiger partial charge in [-0.1, -0.05) is 0 Å². The van der Waals surface area contributed by atoms with Crippen LogP contribution in [0.4, 0.5) is 0 Å². The SMILES string of the molecule is O=C(O)COC1CCN(C(=O)c2ccc(O)c(O)c2)CC1. The maximum Gasteiger partial charge on any atom is 0.329 e. The largest absolute Gasteiger partial charge is 0.504 e. The van der Waals surface area contributed by atoms with Gasteiger partial charge in [0, 0.05) is 18.7 Å². The Kier molecular flexibility index (Phi) is 4.64. The minimum absolute atomic E-state index is 0.154. The molecule has 1 aliphatic rings. The van der Waals surface area contributed by atoms with Crippen molar-refractivity contribution in [3.8, 4) is 11.5 Å². The molecule has 21 heavy (non-hydrogen) atoms. The summed E-state index contributed by atoms with van der Waals surface area (Å²) < 4.78 is 5.20. The first-order valence-corrected chi connectivity index (χ1v) is 6.62. The van der Waals surface area contributed by atoms with Crippen molar-refractivity contribution in [1.82, 2.24) is 4.90 Å². The molecular weight excluding hydrogens is 278 g/mol. The summed E-state index contributed by atoms with van der Waals surface area (Å²) >= 11 is 0. The Labute approximate surface area is 121 Å². The number of rotatable bonds is 4. The molecule has 0 unspecified atom stereocenters. The van der Waals surface area contributed by atoms with Crippen LogP contribution in [0.15, 0.2) is 18.2 Å². The number of carbonyl (C=O) groups is 2. The first-order chi connectivity index (χ1) is 9.97. The molecule has 0 aliphatic carbocycles. The van der Waals surface area contributed by atoms with Gasteiger partial charge < -0.3 is 25.0 Å². The third kappa shape index (κ3) is 3.85. The van der Waals surface area contributed by atoms with Gasteiger partial charge in [0.1, 0.15) is 6.61 Å². The number of aliphatic carboxylic acids is 1. The molecule has 1 heterocycles. The van der Waals surface area contributed by atoms with Crippen molar-refractivity contribution in [2.75, 3.05) is 19.7 Å². The number of carboxylic acids is 1. The summed E-state index contributed by atoms with van der Waals surface area (Å²) in [4.78, 5) is 24.3. The zero-order valence-corrected chi connectivity index (χ0v) is 11.4. The summed E-state index contributed by atoms with van der Waals surface area (Å²) in [5.41, 5.74) is 0.301. The molecule has 0 radical (unpaired) electrons. The molecule has 0 saturated carbocycles. The van der Waals surface area contributed by atoms with E-state index in [0.29, 0.717) is 31.5 Å². The molecule has 1 saturated heterocycles. The second-order valence-corrected chi connectivity index (χ2v) is 4.90.